The first-order chi connectivity index (χ1) is 12.4. The molecule has 136 valence electrons. The number of anilines is 1. The molecule has 1 amide bonds. The third kappa shape index (κ3) is 3.50. The highest BCUT2D eigenvalue weighted by atomic mass is 32.2. The first-order valence-electron chi connectivity index (χ1n) is 8.31. The number of hydrogen-bond donors (Lipinski definition) is 1. The molecule has 0 fully saturated rings. The van der Waals surface area contributed by atoms with Crippen LogP contribution in [-0.4, -0.2) is 35.7 Å². The largest absolute Gasteiger partial charge is 0.322 e. The fourth-order valence-electron chi connectivity index (χ4n) is 2.65. The molecule has 0 aliphatic heterocycles. The van der Waals surface area contributed by atoms with Crippen LogP contribution in [0.15, 0.2) is 35.5 Å². The van der Waals surface area contributed by atoms with Crippen LogP contribution in [-0.2, 0) is 18.9 Å². The molecule has 0 saturated heterocycles. The third-order valence-corrected chi connectivity index (χ3v) is 5.41. The van der Waals surface area contributed by atoms with Gasteiger partial charge < -0.3 is 9.88 Å². The van der Waals surface area contributed by atoms with Crippen LogP contribution >= 0.6 is 11.8 Å². The molecule has 0 aliphatic rings. The predicted octanol–water partition coefficient (Wildman–Crippen LogP) is 2.95. The van der Waals surface area contributed by atoms with Crippen molar-refractivity contribution in [2.45, 2.75) is 31.2 Å². The second-order valence-electron chi connectivity index (χ2n) is 6.15. The van der Waals surface area contributed by atoms with Crippen LogP contribution in [0.3, 0.4) is 0 Å². The van der Waals surface area contributed by atoms with Crippen LogP contribution < -0.4 is 5.32 Å². The van der Waals surface area contributed by atoms with E-state index in [1.165, 1.54) is 11.8 Å². The van der Waals surface area contributed by atoms with Gasteiger partial charge in [0.25, 0.3) is 0 Å². The summed E-state index contributed by atoms with van der Waals surface area (Å²) in [5.41, 5.74) is 3.50. The molecule has 0 aliphatic carbocycles. The van der Waals surface area contributed by atoms with Crippen molar-refractivity contribution >= 4 is 23.4 Å². The van der Waals surface area contributed by atoms with Crippen LogP contribution in [0, 0.1) is 13.8 Å². The lowest BCUT2D eigenvalue weighted by atomic mass is 10.2. The number of amides is 1. The molecule has 26 heavy (non-hydrogen) atoms. The molecule has 0 radical (unpaired) electrons. The zero-order chi connectivity index (χ0) is 18.8. The molecule has 3 aromatic rings. The monoisotopic (exact) mass is 370 g/mol. The number of nitrogens with zero attached hydrogens (tertiary/aromatic N) is 5. The first kappa shape index (κ1) is 18.2. The number of rotatable bonds is 5. The number of aryl methyl sites for hydroxylation is 2. The molecule has 8 heteroatoms. The van der Waals surface area contributed by atoms with Crippen LogP contribution in [0.1, 0.15) is 18.3 Å². The van der Waals surface area contributed by atoms with Crippen molar-refractivity contribution in [3.8, 4) is 11.4 Å². The molecule has 2 heterocycles. The zero-order valence-corrected chi connectivity index (χ0v) is 16.3. The number of benzene rings is 1. The molecule has 1 aromatic carbocycles. The van der Waals surface area contributed by atoms with Crippen molar-refractivity contribution in [1.82, 2.24) is 24.5 Å². The van der Waals surface area contributed by atoms with Crippen molar-refractivity contribution in [1.29, 1.82) is 0 Å². The summed E-state index contributed by atoms with van der Waals surface area (Å²) in [6, 6.07) is 9.87. The van der Waals surface area contributed by atoms with Gasteiger partial charge in [-0.05, 0) is 20.8 Å². The Morgan fingerprint density at radius 2 is 1.85 bits per heavy atom. The van der Waals surface area contributed by atoms with E-state index in [2.05, 4.69) is 20.6 Å². The first-order valence-corrected chi connectivity index (χ1v) is 9.19. The molecule has 0 saturated carbocycles. The molecule has 2 aromatic heterocycles. The maximum atomic E-state index is 12.6. The number of thioether (sulfide) groups is 1. The summed E-state index contributed by atoms with van der Waals surface area (Å²) in [5.74, 6) is 0.693. The minimum Gasteiger partial charge on any atom is -0.322 e. The number of nitrogens with one attached hydrogen (secondary N) is 1. The zero-order valence-electron chi connectivity index (χ0n) is 15.5. The molecule has 0 spiro atoms. The molecule has 3 rings (SSSR count). The Morgan fingerprint density at radius 3 is 2.46 bits per heavy atom. The SMILES string of the molecule is Cc1nn(C)c(C)c1NC(=O)[C@@H](C)Sc1nnc(-c2ccccc2)n1C. The summed E-state index contributed by atoms with van der Waals surface area (Å²) in [4.78, 5) is 12.6. The molecule has 0 bridgehead atoms. The van der Waals surface area contributed by atoms with E-state index in [1.54, 1.807) is 4.68 Å². The minimum atomic E-state index is -0.319. The topological polar surface area (TPSA) is 77.6 Å². The second kappa shape index (κ2) is 7.33. The molecule has 1 N–H and O–H groups in total. The van der Waals surface area contributed by atoms with Crippen LogP contribution in [0.4, 0.5) is 5.69 Å². The number of aromatic nitrogens is 5. The Balaban J connectivity index is 1.73. The summed E-state index contributed by atoms with van der Waals surface area (Å²) in [5, 5.41) is 16.2. The lowest BCUT2D eigenvalue weighted by molar-refractivity contribution is -0.115. The maximum Gasteiger partial charge on any atom is 0.237 e. The Labute approximate surface area is 156 Å². The summed E-state index contributed by atoms with van der Waals surface area (Å²) in [7, 11) is 3.77. The smallest absolute Gasteiger partial charge is 0.237 e. The van der Waals surface area contributed by atoms with Gasteiger partial charge in [0.1, 0.15) is 0 Å². The Morgan fingerprint density at radius 1 is 1.15 bits per heavy atom. The number of hydrogen-bond acceptors (Lipinski definition) is 5. The van der Waals surface area contributed by atoms with Gasteiger partial charge in [-0.2, -0.15) is 5.10 Å². The van der Waals surface area contributed by atoms with E-state index in [0.717, 1.165) is 28.5 Å². The summed E-state index contributed by atoms with van der Waals surface area (Å²) < 4.78 is 3.67. The summed E-state index contributed by atoms with van der Waals surface area (Å²) in [6.45, 7) is 5.68. The summed E-state index contributed by atoms with van der Waals surface area (Å²) >= 11 is 1.38. The van der Waals surface area contributed by atoms with Gasteiger partial charge in [0.15, 0.2) is 11.0 Å². The highest BCUT2D eigenvalue weighted by molar-refractivity contribution is 8.00. The maximum absolute atomic E-state index is 12.6. The van der Waals surface area contributed by atoms with Gasteiger partial charge in [0.05, 0.1) is 22.3 Å². The van der Waals surface area contributed by atoms with Crippen LogP contribution in [0.5, 0.6) is 0 Å². The van der Waals surface area contributed by atoms with Gasteiger partial charge in [-0.3, -0.25) is 9.48 Å². The van der Waals surface area contributed by atoms with Crippen molar-refractivity contribution in [3.63, 3.8) is 0 Å². The summed E-state index contributed by atoms with van der Waals surface area (Å²) in [6.07, 6.45) is 0. The number of carbonyl (C=O) groups excluding carboxylic acids is 1. The Bertz CT molecular complexity index is 931. The molecule has 1 atom stereocenters. The second-order valence-corrected chi connectivity index (χ2v) is 7.46. The van der Waals surface area contributed by atoms with Crippen LogP contribution in [0.2, 0.25) is 0 Å². The highest BCUT2D eigenvalue weighted by Crippen LogP contribution is 2.27. The van der Waals surface area contributed by atoms with Gasteiger partial charge in [0.2, 0.25) is 5.91 Å². The fraction of sp³-hybridized carbons (Fsp3) is 0.333. The van der Waals surface area contributed by atoms with Crippen molar-refractivity contribution in [3.05, 3.63) is 41.7 Å². The normalized spacial score (nSPS) is 12.2. The Kier molecular flexibility index (Phi) is 5.13. The van der Waals surface area contributed by atoms with Crippen LogP contribution in [0.25, 0.3) is 11.4 Å². The average molecular weight is 370 g/mol. The van der Waals surface area contributed by atoms with Gasteiger partial charge in [0, 0.05) is 19.7 Å². The number of carbonyl (C=O) groups is 1. The quantitative estimate of drug-likeness (QED) is 0.699. The van der Waals surface area contributed by atoms with Gasteiger partial charge in [-0.1, -0.05) is 42.1 Å². The van der Waals surface area contributed by atoms with E-state index in [0.29, 0.717) is 5.16 Å². The van der Waals surface area contributed by atoms with E-state index in [-0.39, 0.29) is 11.2 Å². The van der Waals surface area contributed by atoms with Gasteiger partial charge in [-0.15, -0.1) is 10.2 Å². The molecular weight excluding hydrogens is 348 g/mol. The van der Waals surface area contributed by atoms with Crippen molar-refractivity contribution in [2.75, 3.05) is 5.32 Å². The minimum absolute atomic E-state index is 0.0848. The predicted molar refractivity (Wildman–Crippen MR) is 103 cm³/mol. The lowest BCUT2D eigenvalue weighted by Gasteiger charge is -2.12. The average Bonchev–Trinajstić information content (AvgIpc) is 3.10. The third-order valence-electron chi connectivity index (χ3n) is 4.28. The van der Waals surface area contributed by atoms with Gasteiger partial charge >= 0.3 is 0 Å². The molecule has 0 unspecified atom stereocenters. The van der Waals surface area contributed by atoms with E-state index in [9.17, 15) is 4.79 Å². The van der Waals surface area contributed by atoms with E-state index >= 15 is 0 Å². The van der Waals surface area contributed by atoms with E-state index < -0.39 is 0 Å². The van der Waals surface area contributed by atoms with E-state index in [1.807, 2.05) is 69.8 Å². The highest BCUT2D eigenvalue weighted by Gasteiger charge is 2.21. The Hall–Kier alpha value is -2.61. The van der Waals surface area contributed by atoms with Gasteiger partial charge in [-0.25, -0.2) is 0 Å². The van der Waals surface area contributed by atoms with Crippen molar-refractivity contribution < 1.29 is 4.79 Å². The standard InChI is InChI=1S/C18H22N6OS/c1-11-15(12(2)24(5)22-11)19-17(25)13(3)26-18-21-20-16(23(18)4)14-9-7-6-8-10-14/h6-10,13H,1-5H3,(H,19,25)/t13-/m1/s1. The molecule has 7 nitrogen and oxygen atoms in total. The van der Waals surface area contributed by atoms with E-state index in [4.69, 9.17) is 0 Å². The fourth-order valence-corrected chi connectivity index (χ4v) is 3.46. The molecular formula is C18H22N6OS. The van der Waals surface area contributed by atoms with Crippen molar-refractivity contribution in [2.24, 2.45) is 14.1 Å². The lowest BCUT2D eigenvalue weighted by Crippen LogP contribution is -2.23.